The summed E-state index contributed by atoms with van der Waals surface area (Å²) in [4.78, 5) is 17.0. The third-order valence-electron chi connectivity index (χ3n) is 5.61. The molecule has 3 N–H and O–H groups in total. The quantitative estimate of drug-likeness (QED) is 0.531. The van der Waals surface area contributed by atoms with Crippen molar-refractivity contribution in [1.82, 2.24) is 20.9 Å². The van der Waals surface area contributed by atoms with Crippen molar-refractivity contribution in [2.24, 2.45) is 5.92 Å². The molecule has 1 amide bonds. The predicted molar refractivity (Wildman–Crippen MR) is 120 cm³/mol. The fourth-order valence-electron chi connectivity index (χ4n) is 3.87. The number of hydrogen-bond donors (Lipinski definition) is 3. The number of carbonyl (C=O) groups is 1. The lowest BCUT2D eigenvalue weighted by molar-refractivity contribution is -0.123. The standard InChI is InChI=1S/C24H34N4O2/c1-2-30-22-5-3-21(4-6-22)23(27-17-11-19-7-13-25-14-8-19)24(29)28-18-12-20-9-15-26-16-10-20/h3-6,9-10,15-16,19,23,25,27H,2,7-8,11-14,17-18H2,1H3,(H,28,29). The molecule has 2 aromatic rings. The van der Waals surface area contributed by atoms with E-state index in [0.717, 1.165) is 49.7 Å². The van der Waals surface area contributed by atoms with E-state index >= 15 is 0 Å². The van der Waals surface area contributed by atoms with Crippen molar-refractivity contribution in [2.45, 2.75) is 38.6 Å². The molecule has 1 aromatic heterocycles. The van der Waals surface area contributed by atoms with Crippen LogP contribution in [0, 0.1) is 5.92 Å². The van der Waals surface area contributed by atoms with Crippen LogP contribution in [0.1, 0.15) is 43.4 Å². The molecule has 1 fully saturated rings. The maximum absolute atomic E-state index is 13.0. The van der Waals surface area contributed by atoms with Crippen molar-refractivity contribution in [1.29, 1.82) is 0 Å². The zero-order valence-corrected chi connectivity index (χ0v) is 17.9. The first kappa shape index (κ1) is 22.2. The summed E-state index contributed by atoms with van der Waals surface area (Å²) >= 11 is 0. The van der Waals surface area contributed by atoms with E-state index in [1.165, 1.54) is 18.4 Å². The van der Waals surface area contributed by atoms with Crippen LogP contribution in [0.25, 0.3) is 0 Å². The normalized spacial score (nSPS) is 15.5. The molecule has 6 heteroatoms. The van der Waals surface area contributed by atoms with Crippen LogP contribution in [0.4, 0.5) is 0 Å². The number of ether oxygens (including phenoxy) is 1. The van der Waals surface area contributed by atoms with E-state index in [1.54, 1.807) is 12.4 Å². The molecule has 0 saturated carbocycles. The molecular formula is C24H34N4O2. The molecule has 0 bridgehead atoms. The minimum absolute atomic E-state index is 0.0125. The van der Waals surface area contributed by atoms with E-state index < -0.39 is 0 Å². The third kappa shape index (κ3) is 7.11. The third-order valence-corrected chi connectivity index (χ3v) is 5.61. The Morgan fingerprint density at radius 2 is 1.87 bits per heavy atom. The van der Waals surface area contributed by atoms with Gasteiger partial charge in [-0.15, -0.1) is 0 Å². The van der Waals surface area contributed by atoms with Crippen LogP contribution < -0.4 is 20.7 Å². The number of pyridine rings is 1. The number of carbonyl (C=O) groups excluding carboxylic acids is 1. The first-order valence-corrected chi connectivity index (χ1v) is 11.1. The van der Waals surface area contributed by atoms with Gasteiger partial charge in [0, 0.05) is 18.9 Å². The highest BCUT2D eigenvalue weighted by atomic mass is 16.5. The lowest BCUT2D eigenvalue weighted by atomic mass is 9.94. The summed E-state index contributed by atoms with van der Waals surface area (Å²) in [6, 6.07) is 11.4. The number of aromatic nitrogens is 1. The van der Waals surface area contributed by atoms with Crippen molar-refractivity contribution in [3.63, 3.8) is 0 Å². The number of hydrogen-bond acceptors (Lipinski definition) is 5. The number of nitrogens with zero attached hydrogens (tertiary/aromatic N) is 1. The number of benzene rings is 1. The maximum atomic E-state index is 13.0. The molecule has 3 rings (SSSR count). The summed E-state index contributed by atoms with van der Waals surface area (Å²) in [5.41, 5.74) is 2.13. The number of nitrogens with one attached hydrogen (secondary N) is 3. The second kappa shape index (κ2) is 12.3. The van der Waals surface area contributed by atoms with Crippen molar-refractivity contribution in [2.75, 3.05) is 32.8 Å². The van der Waals surface area contributed by atoms with Gasteiger partial charge in [0.05, 0.1) is 6.61 Å². The van der Waals surface area contributed by atoms with E-state index in [0.29, 0.717) is 13.2 Å². The summed E-state index contributed by atoms with van der Waals surface area (Å²) in [6.07, 6.45) is 7.88. The van der Waals surface area contributed by atoms with Crippen molar-refractivity contribution >= 4 is 5.91 Å². The molecule has 1 aliphatic heterocycles. The van der Waals surface area contributed by atoms with Crippen LogP contribution in [0.2, 0.25) is 0 Å². The highest BCUT2D eigenvalue weighted by molar-refractivity contribution is 5.83. The summed E-state index contributed by atoms with van der Waals surface area (Å²) in [7, 11) is 0. The maximum Gasteiger partial charge on any atom is 0.241 e. The van der Waals surface area contributed by atoms with Crippen molar-refractivity contribution in [3.8, 4) is 5.75 Å². The molecule has 1 unspecified atom stereocenters. The average Bonchev–Trinajstić information content (AvgIpc) is 2.79. The van der Waals surface area contributed by atoms with Gasteiger partial charge >= 0.3 is 0 Å². The number of rotatable bonds is 11. The molecule has 1 saturated heterocycles. The molecule has 0 aliphatic carbocycles. The molecule has 0 spiro atoms. The molecule has 2 heterocycles. The monoisotopic (exact) mass is 410 g/mol. The highest BCUT2D eigenvalue weighted by Crippen LogP contribution is 2.20. The molecule has 1 aliphatic rings. The van der Waals surface area contributed by atoms with E-state index in [4.69, 9.17) is 4.74 Å². The summed E-state index contributed by atoms with van der Waals surface area (Å²) < 4.78 is 5.54. The van der Waals surface area contributed by atoms with Gasteiger partial charge in [-0.3, -0.25) is 9.78 Å². The van der Waals surface area contributed by atoms with Gasteiger partial charge in [-0.2, -0.15) is 0 Å². The van der Waals surface area contributed by atoms with Crippen LogP contribution in [0.3, 0.4) is 0 Å². The second-order valence-electron chi connectivity index (χ2n) is 7.77. The predicted octanol–water partition coefficient (Wildman–Crippen LogP) is 2.86. The van der Waals surface area contributed by atoms with Gasteiger partial charge in [0.15, 0.2) is 0 Å². The SMILES string of the molecule is CCOc1ccc(C(NCCC2CCNCC2)C(=O)NCCc2ccncc2)cc1. The molecule has 0 radical (unpaired) electrons. The van der Waals surface area contributed by atoms with Crippen molar-refractivity contribution in [3.05, 3.63) is 59.9 Å². The Balaban J connectivity index is 1.57. The topological polar surface area (TPSA) is 75.3 Å². The number of amides is 1. The minimum atomic E-state index is -0.361. The van der Waals surface area contributed by atoms with Crippen LogP contribution in [0.15, 0.2) is 48.8 Å². The summed E-state index contributed by atoms with van der Waals surface area (Å²) in [5, 5.41) is 10.0. The summed E-state index contributed by atoms with van der Waals surface area (Å²) in [6.45, 7) is 6.24. The Bertz CT molecular complexity index is 746. The molecule has 1 atom stereocenters. The number of piperidine rings is 1. The van der Waals surface area contributed by atoms with Gasteiger partial charge in [0.2, 0.25) is 5.91 Å². The molecule has 30 heavy (non-hydrogen) atoms. The van der Waals surface area contributed by atoms with E-state index in [1.807, 2.05) is 43.3 Å². The second-order valence-corrected chi connectivity index (χ2v) is 7.77. The first-order chi connectivity index (χ1) is 14.8. The van der Waals surface area contributed by atoms with Gasteiger partial charge in [0.1, 0.15) is 11.8 Å². The molecule has 6 nitrogen and oxygen atoms in total. The minimum Gasteiger partial charge on any atom is -0.494 e. The van der Waals surface area contributed by atoms with Crippen LogP contribution in [-0.4, -0.2) is 43.7 Å². The summed E-state index contributed by atoms with van der Waals surface area (Å²) in [5.74, 6) is 1.57. The molecular weight excluding hydrogens is 376 g/mol. The smallest absolute Gasteiger partial charge is 0.241 e. The Labute approximate surface area is 179 Å². The van der Waals surface area contributed by atoms with Crippen LogP contribution >= 0.6 is 0 Å². The fourth-order valence-corrected chi connectivity index (χ4v) is 3.87. The largest absolute Gasteiger partial charge is 0.494 e. The highest BCUT2D eigenvalue weighted by Gasteiger charge is 2.21. The Morgan fingerprint density at radius 1 is 1.13 bits per heavy atom. The Hall–Kier alpha value is -2.44. The zero-order chi connectivity index (χ0) is 21.0. The van der Waals surface area contributed by atoms with E-state index in [-0.39, 0.29) is 11.9 Å². The van der Waals surface area contributed by atoms with Gasteiger partial charge in [-0.25, -0.2) is 0 Å². The van der Waals surface area contributed by atoms with Crippen LogP contribution in [-0.2, 0) is 11.2 Å². The van der Waals surface area contributed by atoms with Crippen LogP contribution in [0.5, 0.6) is 5.75 Å². The fraction of sp³-hybridized carbons (Fsp3) is 0.500. The Kier molecular flexibility index (Phi) is 9.12. The lowest BCUT2D eigenvalue weighted by Crippen LogP contribution is -2.39. The zero-order valence-electron chi connectivity index (χ0n) is 17.9. The Morgan fingerprint density at radius 3 is 2.57 bits per heavy atom. The van der Waals surface area contributed by atoms with E-state index in [2.05, 4.69) is 20.9 Å². The van der Waals surface area contributed by atoms with Gasteiger partial charge in [-0.05, 0) is 93.6 Å². The lowest BCUT2D eigenvalue weighted by Gasteiger charge is -2.24. The van der Waals surface area contributed by atoms with E-state index in [9.17, 15) is 4.79 Å². The average molecular weight is 411 g/mol. The van der Waals surface area contributed by atoms with Crippen molar-refractivity contribution < 1.29 is 9.53 Å². The molecule has 162 valence electrons. The van der Waals surface area contributed by atoms with Gasteiger partial charge in [0.25, 0.3) is 0 Å². The van der Waals surface area contributed by atoms with Gasteiger partial charge < -0.3 is 20.7 Å². The molecule has 1 aromatic carbocycles. The first-order valence-electron chi connectivity index (χ1n) is 11.1. The van der Waals surface area contributed by atoms with Gasteiger partial charge in [-0.1, -0.05) is 12.1 Å².